The Bertz CT molecular complexity index is 770. The molecule has 0 saturated carbocycles. The van der Waals surface area contributed by atoms with Crippen LogP contribution < -0.4 is 5.32 Å². The van der Waals surface area contributed by atoms with E-state index in [0.717, 1.165) is 35.9 Å². The van der Waals surface area contributed by atoms with E-state index in [1.54, 1.807) is 0 Å². The highest BCUT2D eigenvalue weighted by Gasteiger charge is 2.23. The molecule has 1 aromatic heterocycles. The highest BCUT2D eigenvalue weighted by molar-refractivity contribution is 6.02. The molecule has 118 valence electrons. The van der Waals surface area contributed by atoms with Gasteiger partial charge in [-0.1, -0.05) is 35.9 Å². The maximum Gasteiger partial charge on any atom is 0.179 e. The summed E-state index contributed by atoms with van der Waals surface area (Å²) in [6.45, 7) is 3.04. The van der Waals surface area contributed by atoms with E-state index in [2.05, 4.69) is 29.4 Å². The molecule has 1 aliphatic heterocycles. The maximum atomic E-state index is 12.1. The Balaban J connectivity index is 0.000000188. The summed E-state index contributed by atoms with van der Waals surface area (Å²) in [6, 6.07) is 18.1. The molecule has 0 spiro atoms. The average molecular weight is 306 g/mol. The summed E-state index contributed by atoms with van der Waals surface area (Å²) in [6.07, 6.45) is 3.96. The van der Waals surface area contributed by atoms with Crippen LogP contribution in [0, 0.1) is 6.92 Å². The van der Waals surface area contributed by atoms with Crippen molar-refractivity contribution in [3.63, 3.8) is 0 Å². The summed E-state index contributed by atoms with van der Waals surface area (Å²) in [5.41, 5.74) is 3.21. The molecule has 3 heteroatoms. The molecular formula is C20H22N2O. The topological polar surface area (TPSA) is 44.9 Å². The fourth-order valence-corrected chi connectivity index (χ4v) is 2.85. The van der Waals surface area contributed by atoms with E-state index in [4.69, 9.17) is 0 Å². The largest absolute Gasteiger partial charge is 0.361 e. The number of carbonyl (C=O) groups excluding carboxylic acids is 1. The second kappa shape index (κ2) is 7.25. The number of aromatic nitrogens is 1. The van der Waals surface area contributed by atoms with E-state index < -0.39 is 0 Å². The van der Waals surface area contributed by atoms with Crippen molar-refractivity contribution in [3.05, 3.63) is 71.9 Å². The summed E-state index contributed by atoms with van der Waals surface area (Å²) in [7, 11) is 0. The van der Waals surface area contributed by atoms with E-state index in [1.165, 1.54) is 5.56 Å². The number of hydrogen-bond donors (Lipinski definition) is 2. The van der Waals surface area contributed by atoms with Gasteiger partial charge < -0.3 is 10.3 Å². The molecule has 4 rings (SSSR count). The van der Waals surface area contributed by atoms with Gasteiger partial charge in [-0.15, -0.1) is 0 Å². The Morgan fingerprint density at radius 1 is 1.09 bits per heavy atom. The number of aromatic amines is 1. The summed E-state index contributed by atoms with van der Waals surface area (Å²) >= 11 is 0. The Kier molecular flexibility index (Phi) is 4.89. The smallest absolute Gasteiger partial charge is 0.179 e. The number of rotatable bonds is 2. The van der Waals surface area contributed by atoms with Crippen molar-refractivity contribution in [2.75, 3.05) is 6.54 Å². The maximum absolute atomic E-state index is 12.1. The second-order valence-corrected chi connectivity index (χ2v) is 5.95. The van der Waals surface area contributed by atoms with Gasteiger partial charge >= 0.3 is 0 Å². The molecular weight excluding hydrogens is 284 g/mol. The van der Waals surface area contributed by atoms with Gasteiger partial charge in [0.05, 0.1) is 6.04 Å². The number of benzene rings is 2. The van der Waals surface area contributed by atoms with Gasteiger partial charge in [-0.25, -0.2) is 0 Å². The van der Waals surface area contributed by atoms with Crippen molar-refractivity contribution in [1.29, 1.82) is 0 Å². The number of Topliss-reactive ketones (excluding diaryl/α,β-unsaturated/α-hetero) is 1. The van der Waals surface area contributed by atoms with Crippen molar-refractivity contribution in [1.82, 2.24) is 10.3 Å². The van der Waals surface area contributed by atoms with E-state index in [0.29, 0.717) is 0 Å². The van der Waals surface area contributed by atoms with Crippen LogP contribution in [0.4, 0.5) is 0 Å². The third-order valence-electron chi connectivity index (χ3n) is 4.16. The van der Waals surface area contributed by atoms with Crippen LogP contribution >= 0.6 is 0 Å². The van der Waals surface area contributed by atoms with Gasteiger partial charge in [0.25, 0.3) is 0 Å². The quantitative estimate of drug-likeness (QED) is 0.700. The average Bonchev–Trinajstić information content (AvgIpc) is 3.26. The van der Waals surface area contributed by atoms with E-state index in [9.17, 15) is 4.79 Å². The first-order valence-electron chi connectivity index (χ1n) is 8.10. The lowest BCUT2D eigenvalue weighted by Crippen LogP contribution is -2.30. The van der Waals surface area contributed by atoms with Crippen molar-refractivity contribution in [2.24, 2.45) is 0 Å². The zero-order valence-corrected chi connectivity index (χ0v) is 13.4. The fourth-order valence-electron chi connectivity index (χ4n) is 2.85. The first-order valence-corrected chi connectivity index (χ1v) is 8.10. The lowest BCUT2D eigenvalue weighted by molar-refractivity contribution is 0.0952. The Labute approximate surface area is 136 Å². The van der Waals surface area contributed by atoms with Gasteiger partial charge in [0.1, 0.15) is 0 Å². The molecule has 0 amide bonds. The van der Waals surface area contributed by atoms with Crippen molar-refractivity contribution in [3.8, 4) is 0 Å². The van der Waals surface area contributed by atoms with Gasteiger partial charge in [0, 0.05) is 22.7 Å². The first-order chi connectivity index (χ1) is 11.2. The SMILES string of the molecule is Cc1ccccc1.O=C(c1ccc2[nH]ccc2c1)C1CCCN1. The molecule has 3 nitrogen and oxygen atoms in total. The summed E-state index contributed by atoms with van der Waals surface area (Å²) in [5, 5.41) is 4.34. The van der Waals surface area contributed by atoms with Gasteiger partial charge in [0.2, 0.25) is 0 Å². The summed E-state index contributed by atoms with van der Waals surface area (Å²) in [4.78, 5) is 15.3. The molecule has 23 heavy (non-hydrogen) atoms. The summed E-state index contributed by atoms with van der Waals surface area (Å²) < 4.78 is 0. The minimum Gasteiger partial charge on any atom is -0.361 e. The lowest BCUT2D eigenvalue weighted by Gasteiger charge is -2.08. The van der Waals surface area contributed by atoms with Crippen LogP contribution in [0.5, 0.6) is 0 Å². The third kappa shape index (κ3) is 3.88. The number of hydrogen-bond acceptors (Lipinski definition) is 2. The van der Waals surface area contributed by atoms with Crippen LogP contribution in [-0.4, -0.2) is 23.4 Å². The van der Waals surface area contributed by atoms with Crippen LogP contribution in [0.25, 0.3) is 10.9 Å². The van der Waals surface area contributed by atoms with Crippen molar-refractivity contribution < 1.29 is 4.79 Å². The van der Waals surface area contributed by atoms with Crippen LogP contribution in [0.15, 0.2) is 60.8 Å². The fraction of sp³-hybridized carbons (Fsp3) is 0.250. The van der Waals surface area contributed by atoms with Gasteiger partial charge in [0.15, 0.2) is 5.78 Å². The minimum absolute atomic E-state index is 0.0244. The highest BCUT2D eigenvalue weighted by atomic mass is 16.1. The number of H-pyrrole nitrogens is 1. The molecule has 1 atom stereocenters. The molecule has 1 aliphatic rings. The van der Waals surface area contributed by atoms with Crippen LogP contribution in [0.3, 0.4) is 0 Å². The molecule has 0 aliphatic carbocycles. The molecule has 3 aromatic rings. The van der Waals surface area contributed by atoms with E-state index in [-0.39, 0.29) is 11.8 Å². The highest BCUT2D eigenvalue weighted by Crippen LogP contribution is 2.18. The molecule has 2 aromatic carbocycles. The molecule has 2 N–H and O–H groups in total. The summed E-state index contributed by atoms with van der Waals surface area (Å²) in [5.74, 6) is 0.223. The molecule has 1 fully saturated rings. The van der Waals surface area contributed by atoms with E-state index in [1.807, 2.05) is 48.7 Å². The Hall–Kier alpha value is -2.39. The monoisotopic (exact) mass is 306 g/mol. The van der Waals surface area contributed by atoms with E-state index >= 15 is 0 Å². The van der Waals surface area contributed by atoms with Gasteiger partial charge in [-0.3, -0.25) is 4.79 Å². The predicted molar refractivity (Wildman–Crippen MR) is 94.8 cm³/mol. The zero-order valence-electron chi connectivity index (χ0n) is 13.4. The zero-order chi connectivity index (χ0) is 16.1. The third-order valence-corrected chi connectivity index (χ3v) is 4.16. The molecule has 1 saturated heterocycles. The Morgan fingerprint density at radius 3 is 2.57 bits per heavy atom. The van der Waals surface area contributed by atoms with Crippen LogP contribution in [0.2, 0.25) is 0 Å². The van der Waals surface area contributed by atoms with Gasteiger partial charge in [-0.2, -0.15) is 0 Å². The van der Waals surface area contributed by atoms with Crippen LogP contribution in [0.1, 0.15) is 28.8 Å². The number of carbonyl (C=O) groups is 1. The number of aryl methyl sites for hydroxylation is 1. The number of ketones is 1. The molecule has 2 heterocycles. The van der Waals surface area contributed by atoms with Crippen molar-refractivity contribution >= 4 is 16.7 Å². The normalized spacial score (nSPS) is 16.8. The Morgan fingerprint density at radius 2 is 1.91 bits per heavy atom. The second-order valence-electron chi connectivity index (χ2n) is 5.95. The van der Waals surface area contributed by atoms with Crippen molar-refractivity contribution in [2.45, 2.75) is 25.8 Å². The first kappa shape index (κ1) is 15.5. The molecule has 0 radical (unpaired) electrons. The molecule has 0 bridgehead atoms. The number of fused-ring (bicyclic) bond motifs is 1. The molecule has 1 unspecified atom stereocenters. The van der Waals surface area contributed by atoms with Crippen LogP contribution in [-0.2, 0) is 0 Å². The minimum atomic E-state index is 0.0244. The number of nitrogens with one attached hydrogen (secondary N) is 2. The van der Waals surface area contributed by atoms with Gasteiger partial charge in [-0.05, 0) is 50.6 Å². The lowest BCUT2D eigenvalue weighted by atomic mass is 10.0. The standard InChI is InChI=1S/C13H14N2O.C7H8/c16-13(12-2-1-6-14-12)10-3-4-11-9(8-10)5-7-15-11;1-7-5-3-2-4-6-7/h3-5,7-8,12,14-15H,1-2,6H2;2-6H,1H3. The predicted octanol–water partition coefficient (Wildman–Crippen LogP) is 4.10.